The van der Waals surface area contributed by atoms with Crippen molar-refractivity contribution < 1.29 is 31.5 Å². The van der Waals surface area contributed by atoms with Gasteiger partial charge in [-0.25, -0.2) is 13.6 Å². The molecular formula is C15H7Cl2F5N2O2S. The second-order valence-electron chi connectivity index (χ2n) is 4.79. The summed E-state index contributed by atoms with van der Waals surface area (Å²) in [4.78, 5) is 23.1. The Kier molecular flexibility index (Phi) is 6.55. The fraction of sp³-hybridized carbons (Fsp3) is 0.0667. The van der Waals surface area contributed by atoms with Crippen molar-refractivity contribution in [3.05, 3.63) is 57.6 Å². The second kappa shape index (κ2) is 8.32. The van der Waals surface area contributed by atoms with Gasteiger partial charge in [0.1, 0.15) is 5.82 Å². The molecule has 0 aliphatic heterocycles. The highest BCUT2D eigenvalue weighted by Gasteiger charge is 2.31. The number of hydrogen-bond donors (Lipinski definition) is 2. The molecule has 0 bridgehead atoms. The van der Waals surface area contributed by atoms with Gasteiger partial charge in [-0.3, -0.25) is 10.1 Å². The fourth-order valence-electron chi connectivity index (χ4n) is 1.87. The lowest BCUT2D eigenvalue weighted by Crippen LogP contribution is -2.35. The van der Waals surface area contributed by atoms with E-state index in [1.165, 1.54) is 12.1 Å². The molecule has 0 radical (unpaired) electrons. The molecule has 0 saturated heterocycles. The van der Waals surface area contributed by atoms with Crippen LogP contribution in [0, 0.1) is 11.6 Å². The average molecular weight is 445 g/mol. The third kappa shape index (κ3) is 5.47. The molecule has 0 atom stereocenters. The minimum atomic E-state index is -4.69. The summed E-state index contributed by atoms with van der Waals surface area (Å²) in [5, 5.41) is 2.49. The number of nitrogens with one attached hydrogen (secondary N) is 2. The van der Waals surface area contributed by atoms with Crippen molar-refractivity contribution >= 4 is 52.6 Å². The zero-order chi connectivity index (χ0) is 20.4. The van der Waals surface area contributed by atoms with Crippen LogP contribution in [0.2, 0.25) is 10.0 Å². The number of hydrogen-bond acceptors (Lipinski definition) is 3. The van der Waals surface area contributed by atoms with E-state index < -0.39 is 62.0 Å². The molecule has 2 aromatic rings. The van der Waals surface area contributed by atoms with Gasteiger partial charge in [-0.2, -0.15) is 13.2 Å². The number of anilines is 1. The van der Waals surface area contributed by atoms with Gasteiger partial charge in [-0.1, -0.05) is 29.3 Å². The summed E-state index contributed by atoms with van der Waals surface area (Å²) in [6.45, 7) is 0. The topological polar surface area (TPSA) is 58.2 Å². The molecule has 2 N–H and O–H groups in total. The maximum absolute atomic E-state index is 14.1. The number of halogens is 7. The summed E-state index contributed by atoms with van der Waals surface area (Å²) in [7, 11) is 0. The van der Waals surface area contributed by atoms with Crippen LogP contribution in [0.1, 0.15) is 10.4 Å². The summed E-state index contributed by atoms with van der Waals surface area (Å²) in [5.41, 5.74) is -5.88. The summed E-state index contributed by atoms with van der Waals surface area (Å²) in [6, 6.07) is 3.80. The smallest absolute Gasteiger partial charge is 0.305 e. The van der Waals surface area contributed by atoms with Crippen molar-refractivity contribution in [2.75, 3.05) is 5.32 Å². The van der Waals surface area contributed by atoms with E-state index in [9.17, 15) is 31.5 Å². The van der Waals surface area contributed by atoms with Crippen molar-refractivity contribution in [2.45, 2.75) is 10.4 Å². The van der Waals surface area contributed by atoms with E-state index in [0.29, 0.717) is 0 Å². The SMILES string of the molecule is O=C(NC(=O)c1c(F)cccc1Cl)Nc1ccc(SC(F)(F)F)c(Cl)c1F. The van der Waals surface area contributed by atoms with Gasteiger partial charge in [0.05, 0.1) is 21.3 Å². The first kappa shape index (κ1) is 21.3. The van der Waals surface area contributed by atoms with E-state index in [0.717, 1.165) is 18.2 Å². The van der Waals surface area contributed by atoms with Crippen LogP contribution in [0.3, 0.4) is 0 Å². The third-order valence-corrected chi connectivity index (χ3v) is 4.53. The lowest BCUT2D eigenvalue weighted by molar-refractivity contribution is -0.0328. The zero-order valence-corrected chi connectivity index (χ0v) is 15.1. The van der Waals surface area contributed by atoms with Crippen molar-refractivity contribution in [2.24, 2.45) is 0 Å². The van der Waals surface area contributed by atoms with Crippen molar-refractivity contribution in [3.8, 4) is 0 Å². The first-order chi connectivity index (χ1) is 12.5. The molecule has 144 valence electrons. The van der Waals surface area contributed by atoms with E-state index in [-0.39, 0.29) is 5.02 Å². The summed E-state index contributed by atoms with van der Waals surface area (Å²) >= 11 is 10.6. The second-order valence-corrected chi connectivity index (χ2v) is 6.68. The Morgan fingerprint density at radius 1 is 1.04 bits per heavy atom. The van der Waals surface area contributed by atoms with Crippen LogP contribution in [0.5, 0.6) is 0 Å². The summed E-state index contributed by atoms with van der Waals surface area (Å²) in [5.74, 6) is -3.53. The average Bonchev–Trinajstić information content (AvgIpc) is 2.53. The Morgan fingerprint density at radius 3 is 2.30 bits per heavy atom. The molecule has 3 amide bonds. The predicted molar refractivity (Wildman–Crippen MR) is 91.2 cm³/mol. The monoisotopic (exact) mass is 444 g/mol. The number of carbonyl (C=O) groups is 2. The van der Waals surface area contributed by atoms with E-state index in [1.54, 1.807) is 5.32 Å². The Hall–Kier alpha value is -2.04. The van der Waals surface area contributed by atoms with E-state index in [1.807, 2.05) is 5.32 Å². The molecular weight excluding hydrogens is 438 g/mol. The number of benzene rings is 2. The van der Waals surface area contributed by atoms with Crippen molar-refractivity contribution in [1.29, 1.82) is 0 Å². The molecule has 12 heteroatoms. The van der Waals surface area contributed by atoms with E-state index >= 15 is 0 Å². The van der Waals surface area contributed by atoms with Crippen LogP contribution in [0.4, 0.5) is 32.4 Å². The van der Waals surface area contributed by atoms with Crippen LogP contribution < -0.4 is 10.6 Å². The van der Waals surface area contributed by atoms with Gasteiger partial charge in [0.15, 0.2) is 5.82 Å². The highest BCUT2D eigenvalue weighted by Crippen LogP contribution is 2.42. The Balaban J connectivity index is 2.14. The zero-order valence-electron chi connectivity index (χ0n) is 12.8. The minimum absolute atomic E-state index is 0.261. The fourth-order valence-corrected chi connectivity index (χ4v) is 2.96. The molecule has 0 fully saturated rings. The van der Waals surface area contributed by atoms with Crippen LogP contribution in [-0.2, 0) is 0 Å². The molecule has 0 unspecified atom stereocenters. The summed E-state index contributed by atoms with van der Waals surface area (Å²) in [6.07, 6.45) is 0. The van der Waals surface area contributed by atoms with Gasteiger partial charge in [0.25, 0.3) is 5.91 Å². The molecule has 0 saturated carbocycles. The van der Waals surface area contributed by atoms with Crippen molar-refractivity contribution in [3.63, 3.8) is 0 Å². The number of imide groups is 1. The number of urea groups is 1. The number of alkyl halides is 3. The quantitative estimate of drug-likeness (QED) is 0.461. The van der Waals surface area contributed by atoms with Crippen LogP contribution in [0.25, 0.3) is 0 Å². The molecule has 27 heavy (non-hydrogen) atoms. The van der Waals surface area contributed by atoms with Gasteiger partial charge >= 0.3 is 11.5 Å². The number of carbonyl (C=O) groups excluding carboxylic acids is 2. The number of rotatable bonds is 3. The maximum atomic E-state index is 14.1. The van der Waals surface area contributed by atoms with Gasteiger partial charge in [-0.15, -0.1) is 0 Å². The highest BCUT2D eigenvalue weighted by molar-refractivity contribution is 8.00. The minimum Gasteiger partial charge on any atom is -0.305 e. The largest absolute Gasteiger partial charge is 0.446 e. The molecule has 2 rings (SSSR count). The number of amides is 3. The summed E-state index contributed by atoms with van der Waals surface area (Å²) < 4.78 is 64.8. The molecule has 0 heterocycles. The Morgan fingerprint density at radius 2 is 1.70 bits per heavy atom. The van der Waals surface area contributed by atoms with E-state index in [2.05, 4.69) is 0 Å². The standard InChI is InChI=1S/C15H7Cl2F5N2O2S/c16-6-2-1-3-7(18)10(6)13(25)24-14(26)23-8-4-5-9(11(17)12(8)19)27-15(20,21)22/h1-5H,(H2,23,24,25,26). The van der Waals surface area contributed by atoms with Crippen LogP contribution >= 0.6 is 35.0 Å². The molecule has 2 aromatic carbocycles. The van der Waals surface area contributed by atoms with Gasteiger partial charge in [0.2, 0.25) is 0 Å². The molecule has 0 aromatic heterocycles. The Labute approximate surface area is 163 Å². The third-order valence-electron chi connectivity index (χ3n) is 2.94. The highest BCUT2D eigenvalue weighted by atomic mass is 35.5. The molecule has 0 aliphatic rings. The van der Waals surface area contributed by atoms with Crippen molar-refractivity contribution in [1.82, 2.24) is 5.32 Å². The predicted octanol–water partition coefficient (Wildman–Crippen LogP) is 5.85. The Bertz CT molecular complexity index is 888. The first-order valence-electron chi connectivity index (χ1n) is 6.79. The van der Waals surface area contributed by atoms with Gasteiger partial charge in [-0.05, 0) is 36.0 Å². The van der Waals surface area contributed by atoms with Gasteiger partial charge < -0.3 is 5.32 Å². The molecule has 4 nitrogen and oxygen atoms in total. The maximum Gasteiger partial charge on any atom is 0.446 e. The normalized spacial score (nSPS) is 11.2. The first-order valence-corrected chi connectivity index (χ1v) is 8.37. The van der Waals surface area contributed by atoms with Gasteiger partial charge in [0, 0.05) is 4.90 Å². The number of thioether (sulfide) groups is 1. The van der Waals surface area contributed by atoms with Crippen LogP contribution in [0.15, 0.2) is 35.2 Å². The lowest BCUT2D eigenvalue weighted by atomic mass is 10.2. The van der Waals surface area contributed by atoms with Crippen LogP contribution in [-0.4, -0.2) is 17.4 Å². The van der Waals surface area contributed by atoms with E-state index in [4.69, 9.17) is 23.2 Å². The lowest BCUT2D eigenvalue weighted by Gasteiger charge is -2.12. The molecule has 0 spiro atoms. The molecule has 0 aliphatic carbocycles.